The van der Waals surface area contributed by atoms with Gasteiger partial charge in [-0.25, -0.2) is 4.98 Å². The Morgan fingerprint density at radius 3 is 3.24 bits per heavy atom. The van der Waals surface area contributed by atoms with Crippen molar-refractivity contribution in [3.05, 3.63) is 33.8 Å². The van der Waals surface area contributed by atoms with Crippen LogP contribution < -0.4 is 0 Å². The van der Waals surface area contributed by atoms with Gasteiger partial charge in [0, 0.05) is 16.8 Å². The average Bonchev–Trinajstić information content (AvgIpc) is 3.10. The summed E-state index contributed by atoms with van der Waals surface area (Å²) in [7, 11) is 0. The molecule has 0 fully saturated rings. The first kappa shape index (κ1) is 14.7. The van der Waals surface area contributed by atoms with Gasteiger partial charge in [-0.1, -0.05) is 18.7 Å². The van der Waals surface area contributed by atoms with E-state index in [4.69, 9.17) is 5.11 Å². The van der Waals surface area contributed by atoms with E-state index >= 15 is 0 Å². The van der Waals surface area contributed by atoms with Gasteiger partial charge in [-0.3, -0.25) is 4.79 Å². The molecule has 4 nitrogen and oxygen atoms in total. The summed E-state index contributed by atoms with van der Waals surface area (Å²) in [6, 6.07) is 2.53. The van der Waals surface area contributed by atoms with E-state index in [1.54, 1.807) is 0 Å². The van der Waals surface area contributed by atoms with Gasteiger partial charge in [0.15, 0.2) is 5.16 Å². The van der Waals surface area contributed by atoms with Crippen LogP contribution in [0.25, 0.3) is 0 Å². The smallest absolute Gasteiger partial charge is 0.313 e. The zero-order valence-electron chi connectivity index (χ0n) is 11.9. The molecule has 0 amide bonds. The minimum Gasteiger partial charge on any atom is -0.481 e. The van der Waals surface area contributed by atoms with E-state index in [0.717, 1.165) is 24.4 Å². The summed E-state index contributed by atoms with van der Waals surface area (Å²) in [5.41, 5.74) is 2.59. The highest BCUT2D eigenvalue weighted by atomic mass is 32.2. The van der Waals surface area contributed by atoms with Gasteiger partial charge in [0.25, 0.3) is 0 Å². The van der Waals surface area contributed by atoms with Crippen LogP contribution in [0.3, 0.4) is 0 Å². The molecule has 3 rings (SSSR count). The number of thioether (sulfide) groups is 1. The highest BCUT2D eigenvalue weighted by molar-refractivity contribution is 7.99. The molecule has 112 valence electrons. The number of aromatic nitrogens is 2. The Morgan fingerprint density at radius 2 is 2.48 bits per heavy atom. The zero-order chi connectivity index (χ0) is 14.8. The number of hydrogen-bond acceptors (Lipinski definition) is 4. The van der Waals surface area contributed by atoms with E-state index in [0.29, 0.717) is 6.04 Å². The van der Waals surface area contributed by atoms with Crippen LogP contribution in [0.15, 0.2) is 22.8 Å². The van der Waals surface area contributed by atoms with Crippen molar-refractivity contribution in [1.29, 1.82) is 0 Å². The zero-order valence-corrected chi connectivity index (χ0v) is 13.5. The predicted molar refractivity (Wildman–Crippen MR) is 85.4 cm³/mol. The highest BCUT2D eigenvalue weighted by Crippen LogP contribution is 2.38. The third kappa shape index (κ3) is 2.87. The summed E-state index contributed by atoms with van der Waals surface area (Å²) < 4.78 is 2.26. The lowest BCUT2D eigenvalue weighted by atomic mass is 9.93. The molecule has 0 saturated heterocycles. The topological polar surface area (TPSA) is 55.1 Å². The van der Waals surface area contributed by atoms with Crippen molar-refractivity contribution >= 4 is 29.1 Å². The lowest BCUT2D eigenvalue weighted by molar-refractivity contribution is -0.133. The molecular weight excluding hydrogens is 304 g/mol. The van der Waals surface area contributed by atoms with Crippen molar-refractivity contribution in [3.8, 4) is 0 Å². The molecule has 0 radical (unpaired) electrons. The Hall–Kier alpha value is -1.27. The molecule has 1 aliphatic rings. The number of aryl methyl sites for hydroxylation is 2. The second kappa shape index (κ2) is 6.23. The molecule has 0 spiro atoms. The average molecular weight is 322 g/mol. The van der Waals surface area contributed by atoms with Gasteiger partial charge in [0.1, 0.15) is 0 Å². The molecule has 0 saturated carbocycles. The minimum absolute atomic E-state index is 0.0589. The summed E-state index contributed by atoms with van der Waals surface area (Å²) in [4.78, 5) is 16.8. The fourth-order valence-electron chi connectivity index (χ4n) is 2.94. The second-order valence-corrected chi connectivity index (χ2v) is 7.09. The first-order valence-electron chi connectivity index (χ1n) is 7.17. The number of fused-ring (bicyclic) bond motifs is 1. The monoisotopic (exact) mass is 322 g/mol. The largest absolute Gasteiger partial charge is 0.481 e. The van der Waals surface area contributed by atoms with Gasteiger partial charge in [0.05, 0.1) is 11.8 Å². The SMILES string of the molecule is CCc1cnc(SCC(=O)O)n1C1CCCc2sccc21. The Kier molecular flexibility index (Phi) is 4.35. The standard InChI is InChI=1S/C15H18N2O2S2/c1-2-10-8-16-15(21-9-14(18)19)17(10)12-4-3-5-13-11(12)6-7-20-13/h6-8,12H,2-5,9H2,1H3,(H,18,19). The van der Waals surface area contributed by atoms with E-state index in [1.807, 2.05) is 17.5 Å². The van der Waals surface area contributed by atoms with Gasteiger partial charge >= 0.3 is 5.97 Å². The van der Waals surface area contributed by atoms with E-state index in [-0.39, 0.29) is 5.75 Å². The first-order valence-corrected chi connectivity index (χ1v) is 9.04. The van der Waals surface area contributed by atoms with Crippen LogP contribution >= 0.6 is 23.1 Å². The van der Waals surface area contributed by atoms with Crippen molar-refractivity contribution in [2.75, 3.05) is 5.75 Å². The van der Waals surface area contributed by atoms with Gasteiger partial charge < -0.3 is 9.67 Å². The number of hydrogen-bond donors (Lipinski definition) is 1. The molecule has 2 aromatic rings. The van der Waals surface area contributed by atoms with Gasteiger partial charge in [-0.15, -0.1) is 11.3 Å². The summed E-state index contributed by atoms with van der Waals surface area (Å²) in [5.74, 6) is -0.740. The number of imidazole rings is 1. The number of carbonyl (C=O) groups is 1. The van der Waals surface area contributed by atoms with Crippen LogP contribution in [-0.2, 0) is 17.6 Å². The number of carboxylic acids is 1. The molecule has 1 atom stereocenters. The van der Waals surface area contributed by atoms with Crippen molar-refractivity contribution in [2.24, 2.45) is 0 Å². The second-order valence-electron chi connectivity index (χ2n) is 5.15. The van der Waals surface area contributed by atoms with Crippen LogP contribution in [0.4, 0.5) is 0 Å². The first-order chi connectivity index (χ1) is 10.2. The maximum atomic E-state index is 10.8. The van der Waals surface area contributed by atoms with Crippen LogP contribution in [0.5, 0.6) is 0 Å². The summed E-state index contributed by atoms with van der Waals surface area (Å²) >= 11 is 3.15. The number of thiophene rings is 1. The lowest BCUT2D eigenvalue weighted by Gasteiger charge is -2.27. The normalized spacial score (nSPS) is 17.7. The molecule has 0 aromatic carbocycles. The number of aliphatic carboxylic acids is 1. The Bertz CT molecular complexity index is 648. The fourth-order valence-corrected chi connectivity index (χ4v) is 4.68. The van der Waals surface area contributed by atoms with E-state index < -0.39 is 5.97 Å². The molecule has 1 N–H and O–H groups in total. The fraction of sp³-hybridized carbons (Fsp3) is 0.467. The summed E-state index contributed by atoms with van der Waals surface area (Å²) in [5, 5.41) is 11.9. The van der Waals surface area contributed by atoms with Crippen LogP contribution in [0.1, 0.15) is 41.9 Å². The van der Waals surface area contributed by atoms with Crippen LogP contribution in [0.2, 0.25) is 0 Å². The Balaban J connectivity index is 1.98. The maximum absolute atomic E-state index is 10.8. The van der Waals surface area contributed by atoms with Crippen molar-refractivity contribution < 1.29 is 9.90 Å². The van der Waals surface area contributed by atoms with Gasteiger partial charge in [-0.2, -0.15) is 0 Å². The van der Waals surface area contributed by atoms with Crippen LogP contribution in [0, 0.1) is 0 Å². The van der Waals surface area contributed by atoms with Crippen LogP contribution in [-0.4, -0.2) is 26.4 Å². The van der Waals surface area contributed by atoms with E-state index in [9.17, 15) is 4.79 Å². The lowest BCUT2D eigenvalue weighted by Crippen LogP contribution is -2.18. The highest BCUT2D eigenvalue weighted by Gasteiger charge is 2.26. The Labute approximate surface area is 132 Å². The third-order valence-corrected chi connectivity index (χ3v) is 5.81. The molecule has 0 aliphatic heterocycles. The molecule has 1 aliphatic carbocycles. The maximum Gasteiger partial charge on any atom is 0.313 e. The molecular formula is C15H18N2O2S2. The molecule has 2 aromatic heterocycles. The number of nitrogens with zero attached hydrogens (tertiary/aromatic N) is 2. The molecule has 1 unspecified atom stereocenters. The summed E-state index contributed by atoms with van der Waals surface area (Å²) in [6.07, 6.45) is 6.26. The molecule has 2 heterocycles. The van der Waals surface area contributed by atoms with Crippen molar-refractivity contribution in [3.63, 3.8) is 0 Å². The third-order valence-electron chi connectivity index (χ3n) is 3.86. The Morgan fingerprint density at radius 1 is 1.62 bits per heavy atom. The molecule has 6 heteroatoms. The number of rotatable bonds is 5. The van der Waals surface area contributed by atoms with E-state index in [2.05, 4.69) is 27.9 Å². The number of carboxylic acid groups (broad SMARTS) is 1. The predicted octanol–water partition coefficient (Wildman–Crippen LogP) is 3.61. The van der Waals surface area contributed by atoms with Crippen molar-refractivity contribution in [2.45, 2.75) is 43.8 Å². The summed E-state index contributed by atoms with van der Waals surface area (Å²) in [6.45, 7) is 2.12. The van der Waals surface area contributed by atoms with E-state index in [1.165, 1.54) is 34.3 Å². The quantitative estimate of drug-likeness (QED) is 0.854. The molecule has 21 heavy (non-hydrogen) atoms. The van der Waals surface area contributed by atoms with Crippen molar-refractivity contribution in [1.82, 2.24) is 9.55 Å². The molecule has 0 bridgehead atoms. The van der Waals surface area contributed by atoms with Gasteiger partial charge in [0.2, 0.25) is 0 Å². The minimum atomic E-state index is -0.799. The van der Waals surface area contributed by atoms with Gasteiger partial charge in [-0.05, 0) is 42.7 Å².